The first kappa shape index (κ1) is 18.7. The maximum atomic E-state index is 13.9. The first-order chi connectivity index (χ1) is 12.3. The van der Waals surface area contributed by atoms with Crippen molar-refractivity contribution in [2.24, 2.45) is 0 Å². The minimum absolute atomic E-state index is 0.271. The molecule has 0 atom stereocenters. The number of sulfonamides is 1. The molecule has 1 aliphatic heterocycles. The van der Waals surface area contributed by atoms with Crippen LogP contribution in [-0.4, -0.2) is 46.0 Å². The molecule has 140 valence electrons. The van der Waals surface area contributed by atoms with Gasteiger partial charge in [-0.15, -0.1) is 0 Å². The molecule has 26 heavy (non-hydrogen) atoms. The zero-order chi connectivity index (χ0) is 18.9. The summed E-state index contributed by atoms with van der Waals surface area (Å²) in [5.41, 5.74) is 2.09. The van der Waals surface area contributed by atoms with E-state index in [4.69, 9.17) is 4.74 Å². The molecule has 1 fully saturated rings. The van der Waals surface area contributed by atoms with Gasteiger partial charge >= 0.3 is 0 Å². The van der Waals surface area contributed by atoms with Gasteiger partial charge in [-0.3, -0.25) is 0 Å². The number of ether oxygens (including phenoxy) is 1. The van der Waals surface area contributed by atoms with Gasteiger partial charge in [0.05, 0.1) is 17.7 Å². The smallest absolute Gasteiger partial charge is 0.243 e. The second-order valence-electron chi connectivity index (χ2n) is 6.43. The second kappa shape index (κ2) is 7.25. The summed E-state index contributed by atoms with van der Waals surface area (Å²) in [4.78, 5) is 2.15. The van der Waals surface area contributed by atoms with Crippen LogP contribution in [0, 0.1) is 19.7 Å². The highest BCUT2D eigenvalue weighted by Crippen LogP contribution is 2.29. The molecule has 0 aliphatic carbocycles. The van der Waals surface area contributed by atoms with Crippen LogP contribution in [0.15, 0.2) is 41.3 Å². The summed E-state index contributed by atoms with van der Waals surface area (Å²) in [6, 6.07) is 9.85. The average Bonchev–Trinajstić information content (AvgIpc) is 2.62. The maximum Gasteiger partial charge on any atom is 0.243 e. The Morgan fingerprint density at radius 1 is 1.00 bits per heavy atom. The molecule has 3 rings (SSSR count). The lowest BCUT2D eigenvalue weighted by molar-refractivity contribution is 0.382. The summed E-state index contributed by atoms with van der Waals surface area (Å²) >= 11 is 0. The van der Waals surface area contributed by atoms with Crippen LogP contribution in [0.25, 0.3) is 0 Å². The van der Waals surface area contributed by atoms with Crippen molar-refractivity contribution in [2.75, 3.05) is 38.2 Å². The molecule has 0 aromatic heterocycles. The van der Waals surface area contributed by atoms with Crippen molar-refractivity contribution in [3.8, 4) is 5.75 Å². The number of halogens is 1. The van der Waals surface area contributed by atoms with Gasteiger partial charge in [0.25, 0.3) is 0 Å². The van der Waals surface area contributed by atoms with E-state index in [9.17, 15) is 12.8 Å². The SMILES string of the molecule is COc1c(C)cc(S(=O)(=O)N2CCN(c3ccccc3F)CC2)cc1C. The van der Waals surface area contributed by atoms with E-state index in [1.54, 1.807) is 37.4 Å². The Morgan fingerprint density at radius 3 is 2.12 bits per heavy atom. The molecule has 1 heterocycles. The highest BCUT2D eigenvalue weighted by atomic mass is 32.2. The van der Waals surface area contributed by atoms with E-state index in [2.05, 4.69) is 0 Å². The van der Waals surface area contributed by atoms with E-state index >= 15 is 0 Å². The quantitative estimate of drug-likeness (QED) is 0.821. The van der Waals surface area contributed by atoms with Gasteiger partial charge in [-0.1, -0.05) is 12.1 Å². The first-order valence-corrected chi connectivity index (χ1v) is 9.93. The van der Waals surface area contributed by atoms with Crippen molar-refractivity contribution >= 4 is 15.7 Å². The van der Waals surface area contributed by atoms with Crippen LogP contribution in [0.1, 0.15) is 11.1 Å². The molecule has 0 radical (unpaired) electrons. The minimum atomic E-state index is -3.59. The molecular formula is C19H23FN2O3S. The standard InChI is InChI=1S/C19H23FN2O3S/c1-14-12-16(13-15(2)19(14)25-3)26(23,24)22-10-8-21(9-11-22)18-7-5-4-6-17(18)20/h4-7,12-13H,8-11H2,1-3H3. The fourth-order valence-corrected chi connectivity index (χ4v) is 5.00. The average molecular weight is 378 g/mol. The van der Waals surface area contributed by atoms with Crippen LogP contribution in [0.5, 0.6) is 5.75 Å². The normalized spacial score (nSPS) is 15.9. The van der Waals surface area contributed by atoms with Crippen LogP contribution in [-0.2, 0) is 10.0 Å². The van der Waals surface area contributed by atoms with Gasteiger partial charge in [0, 0.05) is 26.2 Å². The molecule has 0 unspecified atom stereocenters. The van der Waals surface area contributed by atoms with Crippen LogP contribution in [0.2, 0.25) is 0 Å². The van der Waals surface area contributed by atoms with Gasteiger partial charge in [0.1, 0.15) is 11.6 Å². The van der Waals surface area contributed by atoms with E-state index in [-0.39, 0.29) is 10.7 Å². The van der Waals surface area contributed by atoms with Gasteiger partial charge < -0.3 is 9.64 Å². The van der Waals surface area contributed by atoms with Crippen molar-refractivity contribution < 1.29 is 17.5 Å². The predicted octanol–water partition coefficient (Wildman–Crippen LogP) is 2.96. The van der Waals surface area contributed by atoms with Crippen molar-refractivity contribution in [2.45, 2.75) is 18.7 Å². The Kier molecular flexibility index (Phi) is 5.20. The van der Waals surface area contributed by atoms with Gasteiger partial charge in [-0.05, 0) is 49.2 Å². The number of hydrogen-bond acceptors (Lipinski definition) is 4. The third-order valence-corrected chi connectivity index (χ3v) is 6.58. The van der Waals surface area contributed by atoms with Gasteiger partial charge in [-0.2, -0.15) is 4.31 Å². The number of aryl methyl sites for hydroxylation is 2. The van der Waals surface area contributed by atoms with E-state index in [1.165, 1.54) is 10.4 Å². The first-order valence-electron chi connectivity index (χ1n) is 8.49. The van der Waals surface area contributed by atoms with Gasteiger partial charge in [0.15, 0.2) is 0 Å². The number of piperazine rings is 1. The molecule has 0 spiro atoms. The fourth-order valence-electron chi connectivity index (χ4n) is 3.41. The molecule has 1 aliphatic rings. The fraction of sp³-hybridized carbons (Fsp3) is 0.368. The van der Waals surface area contributed by atoms with Crippen LogP contribution >= 0.6 is 0 Å². The lowest BCUT2D eigenvalue weighted by atomic mass is 10.1. The molecule has 2 aromatic carbocycles. The highest BCUT2D eigenvalue weighted by molar-refractivity contribution is 7.89. The predicted molar refractivity (Wildman–Crippen MR) is 99.8 cm³/mol. The Hall–Kier alpha value is -2.12. The number of rotatable bonds is 4. The summed E-state index contributed by atoms with van der Waals surface area (Å²) in [6.45, 7) is 5.21. The molecular weight excluding hydrogens is 355 g/mol. The van der Waals surface area contributed by atoms with Crippen LogP contribution in [0.3, 0.4) is 0 Å². The molecule has 0 saturated carbocycles. The summed E-state index contributed by atoms with van der Waals surface area (Å²) in [6.07, 6.45) is 0. The Balaban J connectivity index is 1.79. The van der Waals surface area contributed by atoms with Crippen molar-refractivity contribution in [1.82, 2.24) is 4.31 Å². The number of para-hydroxylation sites is 1. The highest BCUT2D eigenvalue weighted by Gasteiger charge is 2.30. The minimum Gasteiger partial charge on any atom is -0.496 e. The van der Waals surface area contributed by atoms with E-state index < -0.39 is 10.0 Å². The maximum absolute atomic E-state index is 13.9. The lowest BCUT2D eigenvalue weighted by Gasteiger charge is -2.35. The third kappa shape index (κ3) is 3.41. The monoisotopic (exact) mass is 378 g/mol. The second-order valence-corrected chi connectivity index (χ2v) is 8.37. The Labute approximate surface area is 154 Å². The number of anilines is 1. The number of benzene rings is 2. The van der Waals surface area contributed by atoms with Gasteiger partial charge in [-0.25, -0.2) is 12.8 Å². The largest absolute Gasteiger partial charge is 0.496 e. The third-order valence-electron chi connectivity index (χ3n) is 4.71. The van der Waals surface area contributed by atoms with E-state index in [0.717, 1.165) is 11.1 Å². The van der Waals surface area contributed by atoms with Crippen LogP contribution in [0.4, 0.5) is 10.1 Å². The zero-order valence-corrected chi connectivity index (χ0v) is 16.0. The summed E-state index contributed by atoms with van der Waals surface area (Å²) < 4.78 is 46.7. The van der Waals surface area contributed by atoms with Crippen molar-refractivity contribution in [3.63, 3.8) is 0 Å². The van der Waals surface area contributed by atoms with E-state index in [1.807, 2.05) is 18.7 Å². The van der Waals surface area contributed by atoms with Gasteiger partial charge in [0.2, 0.25) is 10.0 Å². The molecule has 2 aromatic rings. The summed E-state index contributed by atoms with van der Waals surface area (Å²) in [7, 11) is -2.02. The molecule has 0 amide bonds. The van der Waals surface area contributed by atoms with E-state index in [0.29, 0.717) is 37.6 Å². The number of hydrogen-bond donors (Lipinski definition) is 0. The topological polar surface area (TPSA) is 49.9 Å². The molecule has 5 nitrogen and oxygen atoms in total. The van der Waals surface area contributed by atoms with Crippen molar-refractivity contribution in [3.05, 3.63) is 53.3 Å². The molecule has 7 heteroatoms. The molecule has 1 saturated heterocycles. The zero-order valence-electron chi connectivity index (χ0n) is 15.2. The molecule has 0 N–H and O–H groups in total. The summed E-state index contributed by atoms with van der Waals surface area (Å²) in [5, 5.41) is 0. The Bertz CT molecular complexity index is 884. The molecule has 0 bridgehead atoms. The van der Waals surface area contributed by atoms with Crippen molar-refractivity contribution in [1.29, 1.82) is 0 Å². The number of methoxy groups -OCH3 is 1. The Morgan fingerprint density at radius 2 is 1.58 bits per heavy atom. The number of nitrogens with zero attached hydrogens (tertiary/aromatic N) is 2. The summed E-state index contributed by atoms with van der Waals surface area (Å²) in [5.74, 6) is 0.415. The van der Waals surface area contributed by atoms with Crippen LogP contribution < -0.4 is 9.64 Å². The lowest BCUT2D eigenvalue weighted by Crippen LogP contribution is -2.48.